The quantitative estimate of drug-likeness (QED) is 0.450. The molecule has 0 atom stereocenters. The summed E-state index contributed by atoms with van der Waals surface area (Å²) in [6.07, 6.45) is 7.60. The Balaban J connectivity index is 1.79. The standard InChI is InChI=1S/C21H19Cl2NO/c1-2-3-12-25-18-7-8-19-16(13-18)10-11-24-21(19)9-5-15-4-6-17(22)14-20(15)23/h2,4-9,13-14H,1,3,10-12H2. The number of rotatable bonds is 6. The van der Waals surface area contributed by atoms with Gasteiger partial charge >= 0.3 is 0 Å². The van der Waals surface area contributed by atoms with E-state index in [2.05, 4.69) is 23.7 Å². The largest absolute Gasteiger partial charge is 0.493 e. The summed E-state index contributed by atoms with van der Waals surface area (Å²) < 4.78 is 5.74. The van der Waals surface area contributed by atoms with Crippen molar-refractivity contribution in [3.63, 3.8) is 0 Å². The van der Waals surface area contributed by atoms with Gasteiger partial charge < -0.3 is 4.74 Å². The molecule has 0 aromatic heterocycles. The summed E-state index contributed by atoms with van der Waals surface area (Å²) >= 11 is 12.2. The van der Waals surface area contributed by atoms with Crippen molar-refractivity contribution in [2.24, 2.45) is 4.99 Å². The molecule has 0 aliphatic carbocycles. The number of hydrogen-bond donors (Lipinski definition) is 0. The molecule has 25 heavy (non-hydrogen) atoms. The summed E-state index contributed by atoms with van der Waals surface area (Å²) in [6.45, 7) is 5.13. The van der Waals surface area contributed by atoms with E-state index in [1.165, 1.54) is 5.56 Å². The Hall–Kier alpha value is -2.03. The van der Waals surface area contributed by atoms with Crippen LogP contribution in [0.4, 0.5) is 0 Å². The summed E-state index contributed by atoms with van der Waals surface area (Å²) in [5, 5.41) is 1.26. The second-order valence-electron chi connectivity index (χ2n) is 5.76. The fraction of sp³-hybridized carbons (Fsp3) is 0.190. The van der Waals surface area contributed by atoms with Crippen LogP contribution < -0.4 is 4.74 Å². The van der Waals surface area contributed by atoms with Crippen molar-refractivity contribution in [1.82, 2.24) is 0 Å². The zero-order valence-corrected chi connectivity index (χ0v) is 15.4. The maximum Gasteiger partial charge on any atom is 0.119 e. The Bertz CT molecular complexity index is 840. The highest BCUT2D eigenvalue weighted by Gasteiger charge is 2.13. The van der Waals surface area contributed by atoms with E-state index in [9.17, 15) is 0 Å². The van der Waals surface area contributed by atoms with Crippen LogP contribution in [0.1, 0.15) is 23.1 Å². The number of aliphatic imine (C=N–C) groups is 1. The van der Waals surface area contributed by atoms with E-state index in [1.54, 1.807) is 6.07 Å². The van der Waals surface area contributed by atoms with E-state index in [4.69, 9.17) is 27.9 Å². The Morgan fingerprint density at radius 3 is 2.80 bits per heavy atom. The van der Waals surface area contributed by atoms with E-state index in [0.717, 1.165) is 42.0 Å². The molecule has 0 N–H and O–H groups in total. The molecule has 2 aromatic rings. The highest BCUT2D eigenvalue weighted by molar-refractivity contribution is 6.35. The lowest BCUT2D eigenvalue weighted by Crippen LogP contribution is -2.11. The molecule has 0 saturated heterocycles. The number of halogens is 2. The molecule has 0 bridgehead atoms. The van der Waals surface area contributed by atoms with Gasteiger partial charge in [0.2, 0.25) is 0 Å². The number of nitrogens with zero attached hydrogens (tertiary/aromatic N) is 1. The number of hydrogen-bond acceptors (Lipinski definition) is 2. The molecule has 4 heteroatoms. The van der Waals surface area contributed by atoms with Gasteiger partial charge in [0.25, 0.3) is 0 Å². The molecule has 1 aliphatic rings. The topological polar surface area (TPSA) is 21.6 Å². The lowest BCUT2D eigenvalue weighted by atomic mass is 9.96. The summed E-state index contributed by atoms with van der Waals surface area (Å²) in [7, 11) is 0. The molecule has 0 fully saturated rings. The van der Waals surface area contributed by atoms with Crippen LogP contribution in [0.3, 0.4) is 0 Å². The summed E-state index contributed by atoms with van der Waals surface area (Å²) in [6, 6.07) is 11.7. The summed E-state index contributed by atoms with van der Waals surface area (Å²) in [5.74, 6) is 0.895. The molecule has 0 radical (unpaired) electrons. The summed E-state index contributed by atoms with van der Waals surface area (Å²) in [5.41, 5.74) is 4.28. The first-order valence-corrected chi connectivity index (χ1v) is 8.97. The number of benzene rings is 2. The number of fused-ring (bicyclic) bond motifs is 1. The maximum atomic E-state index is 6.23. The van der Waals surface area contributed by atoms with Crippen LogP contribution >= 0.6 is 23.2 Å². The Kier molecular flexibility index (Phi) is 5.95. The molecule has 0 unspecified atom stereocenters. The fourth-order valence-electron chi connectivity index (χ4n) is 2.71. The van der Waals surface area contributed by atoms with Crippen molar-refractivity contribution in [3.05, 3.63) is 81.9 Å². The monoisotopic (exact) mass is 371 g/mol. The molecule has 128 valence electrons. The summed E-state index contributed by atoms with van der Waals surface area (Å²) in [4.78, 5) is 4.64. The predicted octanol–water partition coefficient (Wildman–Crippen LogP) is 6.01. The van der Waals surface area contributed by atoms with Gasteiger partial charge in [-0.2, -0.15) is 0 Å². The van der Waals surface area contributed by atoms with E-state index in [1.807, 2.05) is 36.4 Å². The van der Waals surface area contributed by atoms with Crippen LogP contribution in [0.5, 0.6) is 5.75 Å². The van der Waals surface area contributed by atoms with E-state index < -0.39 is 0 Å². The average Bonchev–Trinajstić information content (AvgIpc) is 2.61. The third-order valence-electron chi connectivity index (χ3n) is 3.99. The normalized spacial score (nSPS) is 13.4. The van der Waals surface area contributed by atoms with Gasteiger partial charge in [-0.15, -0.1) is 6.58 Å². The first-order chi connectivity index (χ1) is 12.2. The van der Waals surface area contributed by atoms with Crippen LogP contribution in [0.25, 0.3) is 6.08 Å². The van der Waals surface area contributed by atoms with Gasteiger partial charge in [-0.25, -0.2) is 0 Å². The van der Waals surface area contributed by atoms with Crippen molar-refractivity contribution in [3.8, 4) is 5.75 Å². The highest BCUT2D eigenvalue weighted by atomic mass is 35.5. The first kappa shape index (κ1) is 17.8. The third-order valence-corrected chi connectivity index (χ3v) is 4.55. The van der Waals surface area contributed by atoms with Crippen molar-refractivity contribution in [1.29, 1.82) is 0 Å². The lowest BCUT2D eigenvalue weighted by Gasteiger charge is -2.16. The minimum Gasteiger partial charge on any atom is -0.493 e. The van der Waals surface area contributed by atoms with Gasteiger partial charge in [0.15, 0.2) is 0 Å². The molecule has 1 aliphatic heterocycles. The molecular weight excluding hydrogens is 353 g/mol. The van der Waals surface area contributed by atoms with Crippen LogP contribution in [0.2, 0.25) is 10.0 Å². The second kappa shape index (κ2) is 8.37. The molecule has 0 saturated carbocycles. The number of allylic oxidation sites excluding steroid dienone is 1. The van der Waals surface area contributed by atoms with Gasteiger partial charge in [0, 0.05) is 22.2 Å². The Morgan fingerprint density at radius 1 is 1.12 bits per heavy atom. The molecule has 2 nitrogen and oxygen atoms in total. The lowest BCUT2D eigenvalue weighted by molar-refractivity contribution is 0.324. The molecule has 0 spiro atoms. The van der Waals surface area contributed by atoms with Crippen LogP contribution in [0.15, 0.2) is 60.1 Å². The van der Waals surface area contributed by atoms with Gasteiger partial charge in [-0.05, 0) is 60.4 Å². The maximum absolute atomic E-state index is 6.23. The van der Waals surface area contributed by atoms with Gasteiger partial charge in [-0.1, -0.05) is 41.4 Å². The van der Waals surface area contributed by atoms with Gasteiger partial charge in [0.1, 0.15) is 5.75 Å². The van der Waals surface area contributed by atoms with Crippen molar-refractivity contribution < 1.29 is 4.74 Å². The number of ether oxygens (including phenoxy) is 1. The van der Waals surface area contributed by atoms with E-state index in [-0.39, 0.29) is 0 Å². The molecule has 0 amide bonds. The Morgan fingerprint density at radius 2 is 2.00 bits per heavy atom. The van der Waals surface area contributed by atoms with Crippen molar-refractivity contribution in [2.45, 2.75) is 12.8 Å². The predicted molar refractivity (Wildman–Crippen MR) is 107 cm³/mol. The van der Waals surface area contributed by atoms with E-state index >= 15 is 0 Å². The SMILES string of the molecule is C=CCCOc1ccc2c(c1)CCN=C2C=Cc1ccc(Cl)cc1Cl. The third kappa shape index (κ3) is 4.53. The van der Waals surface area contributed by atoms with Crippen molar-refractivity contribution in [2.75, 3.05) is 13.2 Å². The van der Waals surface area contributed by atoms with Crippen LogP contribution in [0, 0.1) is 0 Å². The van der Waals surface area contributed by atoms with Gasteiger partial charge in [0.05, 0.1) is 12.3 Å². The minimum absolute atomic E-state index is 0.631. The van der Waals surface area contributed by atoms with Gasteiger partial charge in [-0.3, -0.25) is 4.99 Å². The van der Waals surface area contributed by atoms with Crippen LogP contribution in [-0.2, 0) is 6.42 Å². The molecular formula is C21H19Cl2NO. The zero-order valence-electron chi connectivity index (χ0n) is 13.8. The average molecular weight is 372 g/mol. The van der Waals surface area contributed by atoms with Crippen LogP contribution in [-0.4, -0.2) is 18.9 Å². The zero-order chi connectivity index (χ0) is 17.6. The molecule has 3 rings (SSSR count). The first-order valence-electron chi connectivity index (χ1n) is 8.22. The van der Waals surface area contributed by atoms with E-state index in [0.29, 0.717) is 16.7 Å². The molecule has 1 heterocycles. The smallest absolute Gasteiger partial charge is 0.119 e. The second-order valence-corrected chi connectivity index (χ2v) is 6.60. The van der Waals surface area contributed by atoms with Crippen molar-refractivity contribution >= 4 is 35.0 Å². The minimum atomic E-state index is 0.631. The highest BCUT2D eigenvalue weighted by Crippen LogP contribution is 2.25. The fourth-order valence-corrected chi connectivity index (χ4v) is 3.18. The molecule has 2 aromatic carbocycles. The Labute approximate surface area is 158 Å².